The number of rotatable bonds is 5. The molecule has 2 atom stereocenters. The van der Waals surface area contributed by atoms with Gasteiger partial charge in [0.05, 0.1) is 20.5 Å². The number of methoxy groups -OCH3 is 2. The van der Waals surface area contributed by atoms with Crippen molar-refractivity contribution in [3.8, 4) is 0 Å². The molecule has 0 radical (unpaired) electrons. The van der Waals surface area contributed by atoms with Gasteiger partial charge in [-0.2, -0.15) is 0 Å². The van der Waals surface area contributed by atoms with Crippen molar-refractivity contribution in [3.63, 3.8) is 0 Å². The highest BCUT2D eigenvalue weighted by atomic mass is 79.9. The van der Waals surface area contributed by atoms with Crippen molar-refractivity contribution in [3.05, 3.63) is 70.2 Å². The van der Waals surface area contributed by atoms with Crippen molar-refractivity contribution >= 4 is 37.9 Å². The molecule has 1 aliphatic rings. The summed E-state index contributed by atoms with van der Waals surface area (Å²) in [6.07, 6.45) is -1.67. The zero-order valence-corrected chi connectivity index (χ0v) is 18.8. The van der Waals surface area contributed by atoms with Crippen molar-refractivity contribution < 1.29 is 32.2 Å². The number of nitrogens with zero attached hydrogens (tertiary/aromatic N) is 1. The standard InChI is InChI=1S/C20H20BrNO7S/c1-27-18(23)20(19(24)28-2)16(13-9-11-15(21)12-10-13)29-17(22(20)30(3,25)26)14-7-5-4-6-8-14/h4-12,16-17H,1-3H3/t16-,17+/m0/s1. The number of esters is 2. The average molecular weight is 498 g/mol. The number of ether oxygens (including phenoxy) is 3. The van der Waals surface area contributed by atoms with E-state index in [4.69, 9.17) is 14.2 Å². The third kappa shape index (κ3) is 3.64. The Bertz CT molecular complexity index is 1020. The van der Waals surface area contributed by atoms with Crippen LogP contribution in [-0.4, -0.2) is 50.7 Å². The molecule has 10 heteroatoms. The van der Waals surface area contributed by atoms with Gasteiger partial charge < -0.3 is 14.2 Å². The first-order chi connectivity index (χ1) is 14.2. The number of halogens is 1. The first-order valence-electron chi connectivity index (χ1n) is 8.80. The highest BCUT2D eigenvalue weighted by Gasteiger charge is 2.70. The molecule has 0 amide bonds. The second-order valence-corrected chi connectivity index (χ2v) is 9.41. The van der Waals surface area contributed by atoms with Crippen LogP contribution in [0.25, 0.3) is 0 Å². The first-order valence-corrected chi connectivity index (χ1v) is 11.4. The van der Waals surface area contributed by atoms with E-state index in [1.54, 1.807) is 54.6 Å². The predicted octanol–water partition coefficient (Wildman–Crippen LogP) is 2.57. The largest absolute Gasteiger partial charge is 0.467 e. The van der Waals surface area contributed by atoms with E-state index in [9.17, 15) is 18.0 Å². The minimum absolute atomic E-state index is 0.404. The van der Waals surface area contributed by atoms with Gasteiger partial charge in [-0.25, -0.2) is 18.0 Å². The topological polar surface area (TPSA) is 99.2 Å². The lowest BCUT2D eigenvalue weighted by atomic mass is 9.88. The Morgan fingerprint density at radius 1 is 0.967 bits per heavy atom. The van der Waals surface area contributed by atoms with Gasteiger partial charge in [-0.3, -0.25) is 0 Å². The molecule has 1 fully saturated rings. The van der Waals surface area contributed by atoms with Crippen molar-refractivity contribution in [1.29, 1.82) is 0 Å². The summed E-state index contributed by atoms with van der Waals surface area (Å²) >= 11 is 3.33. The monoisotopic (exact) mass is 497 g/mol. The van der Waals surface area contributed by atoms with E-state index in [1.165, 1.54) is 0 Å². The third-order valence-corrected chi connectivity index (χ3v) is 6.54. The van der Waals surface area contributed by atoms with E-state index in [0.717, 1.165) is 29.3 Å². The molecule has 0 N–H and O–H groups in total. The molecule has 0 unspecified atom stereocenters. The summed E-state index contributed by atoms with van der Waals surface area (Å²) in [5, 5.41) is 0. The van der Waals surface area contributed by atoms with Crippen molar-refractivity contribution in [2.75, 3.05) is 20.5 Å². The van der Waals surface area contributed by atoms with Crippen LogP contribution in [0.2, 0.25) is 0 Å². The van der Waals surface area contributed by atoms with Gasteiger partial charge in [0, 0.05) is 4.47 Å². The molecule has 0 spiro atoms. The van der Waals surface area contributed by atoms with Crippen LogP contribution in [0.15, 0.2) is 59.1 Å². The van der Waals surface area contributed by atoms with Crippen molar-refractivity contribution in [2.45, 2.75) is 17.9 Å². The number of carbonyl (C=O) groups excluding carboxylic acids is 2. The lowest BCUT2D eigenvalue weighted by molar-refractivity contribution is -0.169. The van der Waals surface area contributed by atoms with E-state index in [0.29, 0.717) is 11.1 Å². The first kappa shape index (κ1) is 22.4. The van der Waals surface area contributed by atoms with E-state index in [1.807, 2.05) is 0 Å². The smallest absolute Gasteiger partial charge is 0.342 e. The molecule has 0 aromatic heterocycles. The number of carbonyl (C=O) groups is 2. The fourth-order valence-electron chi connectivity index (χ4n) is 3.60. The van der Waals surface area contributed by atoms with Crippen LogP contribution in [0.4, 0.5) is 0 Å². The molecule has 8 nitrogen and oxygen atoms in total. The molecule has 2 aromatic carbocycles. The Morgan fingerprint density at radius 3 is 1.97 bits per heavy atom. The highest BCUT2D eigenvalue weighted by molar-refractivity contribution is 9.10. The molecule has 30 heavy (non-hydrogen) atoms. The maximum absolute atomic E-state index is 13.1. The Hall–Kier alpha value is -2.27. The molecule has 160 valence electrons. The Morgan fingerprint density at radius 2 is 1.50 bits per heavy atom. The Kier molecular flexibility index (Phi) is 6.32. The Labute approximate surface area is 182 Å². The molecule has 0 aliphatic carbocycles. The summed E-state index contributed by atoms with van der Waals surface area (Å²) in [4.78, 5) is 26.2. The maximum Gasteiger partial charge on any atom is 0.342 e. The van der Waals surface area contributed by atoms with Gasteiger partial charge in [-0.05, 0) is 23.3 Å². The summed E-state index contributed by atoms with van der Waals surface area (Å²) in [6.45, 7) is 0. The SMILES string of the molecule is COC(=O)C1(C(=O)OC)[C@H](c2ccc(Br)cc2)O[C@H](c2ccccc2)N1S(C)(=O)=O. The second-order valence-electron chi connectivity index (χ2n) is 6.64. The third-order valence-electron chi connectivity index (χ3n) is 4.81. The second kappa shape index (κ2) is 8.46. The highest BCUT2D eigenvalue weighted by Crippen LogP contribution is 2.52. The molecular formula is C20H20BrNO7S. The summed E-state index contributed by atoms with van der Waals surface area (Å²) in [6, 6.07) is 15.1. The van der Waals surface area contributed by atoms with Crippen LogP contribution in [0.3, 0.4) is 0 Å². The summed E-state index contributed by atoms with van der Waals surface area (Å²) in [5.74, 6) is -2.21. The number of hydrogen-bond acceptors (Lipinski definition) is 7. The number of sulfonamides is 1. The van der Waals surface area contributed by atoms with Crippen LogP contribution < -0.4 is 0 Å². The molecule has 0 bridgehead atoms. The lowest BCUT2D eigenvalue weighted by Gasteiger charge is -2.34. The predicted molar refractivity (Wildman–Crippen MR) is 111 cm³/mol. The van der Waals surface area contributed by atoms with Crippen LogP contribution in [0, 0.1) is 0 Å². The van der Waals surface area contributed by atoms with E-state index >= 15 is 0 Å². The van der Waals surface area contributed by atoms with E-state index in [2.05, 4.69) is 15.9 Å². The van der Waals surface area contributed by atoms with Crippen LogP contribution in [0.1, 0.15) is 23.5 Å². The molecule has 2 aromatic rings. The van der Waals surface area contributed by atoms with Gasteiger partial charge >= 0.3 is 11.9 Å². The van der Waals surface area contributed by atoms with Gasteiger partial charge in [0.15, 0.2) is 6.23 Å². The van der Waals surface area contributed by atoms with E-state index < -0.39 is 39.8 Å². The zero-order chi connectivity index (χ0) is 22.1. The molecule has 1 aliphatic heterocycles. The number of hydrogen-bond donors (Lipinski definition) is 0. The summed E-state index contributed by atoms with van der Waals surface area (Å²) in [5.41, 5.74) is -1.56. The normalized spacial score (nSPS) is 21.2. The maximum atomic E-state index is 13.1. The fraction of sp³-hybridized carbons (Fsp3) is 0.300. The molecule has 3 rings (SSSR count). The van der Waals surface area contributed by atoms with Crippen LogP contribution >= 0.6 is 15.9 Å². The minimum Gasteiger partial charge on any atom is -0.467 e. The molecule has 1 heterocycles. The van der Waals surface area contributed by atoms with Gasteiger partial charge in [0.1, 0.15) is 6.10 Å². The van der Waals surface area contributed by atoms with Crippen LogP contribution in [0.5, 0.6) is 0 Å². The zero-order valence-electron chi connectivity index (χ0n) is 16.4. The van der Waals surface area contributed by atoms with Crippen molar-refractivity contribution in [2.24, 2.45) is 0 Å². The van der Waals surface area contributed by atoms with Gasteiger partial charge in [-0.15, -0.1) is 4.31 Å². The number of benzene rings is 2. The summed E-state index contributed by atoms with van der Waals surface area (Å²) < 4.78 is 43.3. The van der Waals surface area contributed by atoms with Crippen molar-refractivity contribution in [1.82, 2.24) is 4.31 Å². The molecular weight excluding hydrogens is 478 g/mol. The lowest BCUT2D eigenvalue weighted by Crippen LogP contribution is -2.62. The average Bonchev–Trinajstić information content (AvgIpc) is 3.11. The fourth-order valence-corrected chi connectivity index (χ4v) is 5.15. The molecule has 1 saturated heterocycles. The van der Waals surface area contributed by atoms with Gasteiger partial charge in [-0.1, -0.05) is 58.4 Å². The quantitative estimate of drug-likeness (QED) is 0.462. The Balaban J connectivity index is 2.35. The van der Waals surface area contributed by atoms with Gasteiger partial charge in [0.2, 0.25) is 10.0 Å². The van der Waals surface area contributed by atoms with Gasteiger partial charge in [0.25, 0.3) is 5.54 Å². The molecule has 0 saturated carbocycles. The van der Waals surface area contributed by atoms with Crippen LogP contribution in [-0.2, 0) is 33.8 Å². The van der Waals surface area contributed by atoms with E-state index in [-0.39, 0.29) is 0 Å². The summed E-state index contributed by atoms with van der Waals surface area (Å²) in [7, 11) is -2.03. The minimum atomic E-state index is -4.17.